The number of nitrogens with zero attached hydrogens (tertiary/aromatic N) is 6. The second kappa shape index (κ2) is 14.2. The number of amides is 2. The van der Waals surface area contributed by atoms with E-state index in [2.05, 4.69) is 22.0 Å². The van der Waals surface area contributed by atoms with Gasteiger partial charge in [0, 0.05) is 95.2 Å². The molecule has 8 rings (SSSR count). The van der Waals surface area contributed by atoms with Gasteiger partial charge in [-0.3, -0.25) is 19.4 Å². The zero-order valence-electron chi connectivity index (χ0n) is 32.5. The van der Waals surface area contributed by atoms with Crippen LogP contribution >= 0.6 is 11.6 Å². The number of carbonyl (C=O) groups is 2. The largest absolute Gasteiger partial charge is 0.508 e. The Kier molecular flexibility index (Phi) is 8.34. The molecule has 0 bridgehead atoms. The lowest BCUT2D eigenvalue weighted by Crippen LogP contribution is -2.52. The first kappa shape index (κ1) is 31.1. The predicted octanol–water partition coefficient (Wildman–Crippen LogP) is 7.12. The van der Waals surface area contributed by atoms with E-state index < -0.39 is 6.98 Å². The number of aromatic hydroxyl groups is 1. The van der Waals surface area contributed by atoms with Gasteiger partial charge in [-0.2, -0.15) is 0 Å². The lowest BCUT2D eigenvalue weighted by molar-refractivity contribution is 0.0193. The Bertz CT molecular complexity index is 2460. The molecular weight excluding hydrogens is 688 g/mol. The van der Waals surface area contributed by atoms with Gasteiger partial charge in [-0.05, 0) is 85.1 Å². The van der Waals surface area contributed by atoms with Crippen molar-refractivity contribution in [3.8, 4) is 17.0 Å². The average molecular weight is 732 g/mol. The summed E-state index contributed by atoms with van der Waals surface area (Å²) >= 11 is 6.65. The second-order valence-electron chi connectivity index (χ2n) is 13.7. The molecule has 1 saturated heterocycles. The number of ether oxygens (including phenoxy) is 1. The molecule has 5 heterocycles. The van der Waals surface area contributed by atoms with Crippen molar-refractivity contribution in [2.24, 2.45) is 14.0 Å². The predicted molar refractivity (Wildman–Crippen MR) is 207 cm³/mol. The van der Waals surface area contributed by atoms with Gasteiger partial charge in [0.05, 0.1) is 30.7 Å². The quantitative estimate of drug-likeness (QED) is 0.188. The molecule has 0 aliphatic carbocycles. The Hall–Kier alpha value is -5.42. The lowest BCUT2D eigenvalue weighted by atomic mass is 9.92. The van der Waals surface area contributed by atoms with Gasteiger partial charge in [0.25, 0.3) is 11.8 Å². The van der Waals surface area contributed by atoms with Crippen molar-refractivity contribution in [1.82, 2.24) is 23.9 Å². The van der Waals surface area contributed by atoms with E-state index in [4.69, 9.17) is 20.5 Å². The van der Waals surface area contributed by atoms with Crippen LogP contribution in [0.25, 0.3) is 22.3 Å². The van der Waals surface area contributed by atoms with E-state index in [0.717, 1.165) is 36.2 Å². The van der Waals surface area contributed by atoms with Gasteiger partial charge in [-0.25, -0.2) is 4.98 Å². The number of rotatable bonds is 7. The Morgan fingerprint density at radius 2 is 1.75 bits per heavy atom. The third-order valence-corrected chi connectivity index (χ3v) is 10.8. The molecule has 10 nitrogen and oxygen atoms in total. The van der Waals surface area contributed by atoms with Gasteiger partial charge < -0.3 is 23.9 Å². The standard InChI is InChI=1S/C42H41ClN6O4/c1-27-37(42(52)49(32-9-11-35(50)12-10-32)33-21-29-14-15-45(2)40(29)44-24-33)23-39(46(27)3)38-22-31(43)8-13-36(38)41(51)48-25-30-7-5-4-6-28(30)20-34(48)26-47-16-18-53-19-17-47/h4-15,21-24,34,50H,16-20,25-26H2,1-3H3/t34-/m0/s1/i2D3. The molecule has 1 fully saturated rings. The molecular formula is C42H41ClN6O4. The van der Waals surface area contributed by atoms with E-state index in [1.54, 1.807) is 48.5 Å². The van der Waals surface area contributed by atoms with E-state index in [-0.39, 0.29) is 29.3 Å². The monoisotopic (exact) mass is 731 g/mol. The molecule has 11 heteroatoms. The fraction of sp³-hybridized carbons (Fsp3) is 0.262. The molecule has 53 heavy (non-hydrogen) atoms. The maximum absolute atomic E-state index is 14.9. The van der Waals surface area contributed by atoms with Gasteiger partial charge in [-0.15, -0.1) is 0 Å². The van der Waals surface area contributed by atoms with Crippen LogP contribution in [0.2, 0.25) is 5.02 Å². The number of hydrogen-bond donors (Lipinski definition) is 1. The van der Waals surface area contributed by atoms with E-state index in [1.807, 2.05) is 35.6 Å². The summed E-state index contributed by atoms with van der Waals surface area (Å²) < 4.78 is 32.3. The van der Waals surface area contributed by atoms with Gasteiger partial charge >= 0.3 is 0 Å². The number of halogens is 1. The van der Waals surface area contributed by atoms with Gasteiger partial charge in [0.2, 0.25) is 0 Å². The molecule has 2 aliphatic rings. The number of carbonyl (C=O) groups excluding carboxylic acids is 2. The zero-order valence-corrected chi connectivity index (χ0v) is 30.3. The van der Waals surface area contributed by atoms with Crippen LogP contribution in [0, 0.1) is 6.92 Å². The van der Waals surface area contributed by atoms with E-state index >= 15 is 0 Å². The smallest absolute Gasteiger partial charge is 0.264 e. The van der Waals surface area contributed by atoms with Crippen LogP contribution in [0.1, 0.15) is 41.6 Å². The summed E-state index contributed by atoms with van der Waals surface area (Å²) in [6.07, 6.45) is 3.65. The second-order valence-corrected chi connectivity index (χ2v) is 14.1. The van der Waals surface area contributed by atoms with Crippen molar-refractivity contribution >= 4 is 45.8 Å². The number of benzene rings is 3. The number of morpholine rings is 1. The summed E-state index contributed by atoms with van der Waals surface area (Å²) in [5.41, 5.74) is 6.20. The Labute approximate surface area is 317 Å². The summed E-state index contributed by atoms with van der Waals surface area (Å²) in [7, 11) is 1.85. The van der Waals surface area contributed by atoms with Crippen LogP contribution in [-0.4, -0.2) is 79.7 Å². The van der Waals surface area contributed by atoms with Crippen LogP contribution in [0.3, 0.4) is 0 Å². The van der Waals surface area contributed by atoms with Crippen molar-refractivity contribution in [1.29, 1.82) is 0 Å². The van der Waals surface area contributed by atoms with Crippen molar-refractivity contribution in [2.45, 2.75) is 25.9 Å². The molecule has 270 valence electrons. The maximum Gasteiger partial charge on any atom is 0.264 e. The first-order chi connectivity index (χ1) is 26.9. The molecule has 2 amide bonds. The summed E-state index contributed by atoms with van der Waals surface area (Å²) in [5.74, 6) is -0.477. The summed E-state index contributed by atoms with van der Waals surface area (Å²) in [6.45, 7) is 3.57. The van der Waals surface area contributed by atoms with E-state index in [9.17, 15) is 14.7 Å². The van der Waals surface area contributed by atoms with E-state index in [1.165, 1.54) is 35.0 Å². The van der Waals surface area contributed by atoms with E-state index in [0.29, 0.717) is 69.6 Å². The molecule has 1 atom stereocenters. The molecule has 6 aromatic rings. The average Bonchev–Trinajstić information content (AvgIpc) is 3.75. The van der Waals surface area contributed by atoms with Crippen LogP contribution in [0.4, 0.5) is 11.4 Å². The van der Waals surface area contributed by atoms with Gasteiger partial charge in [-0.1, -0.05) is 35.9 Å². The van der Waals surface area contributed by atoms with Crippen molar-refractivity contribution in [3.63, 3.8) is 0 Å². The molecule has 2 aliphatic heterocycles. The highest BCUT2D eigenvalue weighted by Crippen LogP contribution is 2.36. The summed E-state index contributed by atoms with van der Waals surface area (Å²) in [6, 6.07) is 24.9. The third kappa shape index (κ3) is 6.58. The lowest BCUT2D eigenvalue weighted by Gasteiger charge is -2.40. The number of aromatic nitrogens is 3. The fourth-order valence-corrected chi connectivity index (χ4v) is 7.73. The number of anilines is 2. The molecule has 3 aromatic carbocycles. The summed E-state index contributed by atoms with van der Waals surface area (Å²) in [5, 5.41) is 11.1. The number of pyridine rings is 1. The Morgan fingerprint density at radius 3 is 2.53 bits per heavy atom. The normalized spacial score (nSPS) is 17.2. The number of hydrogen-bond acceptors (Lipinski definition) is 6. The number of fused-ring (bicyclic) bond motifs is 2. The highest BCUT2D eigenvalue weighted by molar-refractivity contribution is 6.31. The topological polar surface area (TPSA) is 96.1 Å². The molecule has 0 spiro atoms. The SMILES string of the molecule is [2H]C([2H])([2H])n1ccc2cc(N(C(=O)c3cc(-c4cc(Cl)ccc4C(=O)N4Cc5ccccc5C[C@H]4CN4CCOCC4)n(C)c3C)c3ccc(O)cc3)cnc21. The highest BCUT2D eigenvalue weighted by Gasteiger charge is 2.34. The molecule has 0 radical (unpaired) electrons. The van der Waals surface area contributed by atoms with Crippen molar-refractivity contribution in [2.75, 3.05) is 37.7 Å². The Morgan fingerprint density at radius 1 is 0.981 bits per heavy atom. The first-order valence-electron chi connectivity index (χ1n) is 19.1. The van der Waals surface area contributed by atoms with Crippen LogP contribution in [-0.2, 0) is 31.7 Å². The molecule has 0 saturated carbocycles. The van der Waals surface area contributed by atoms with Crippen LogP contribution in [0.5, 0.6) is 5.75 Å². The first-order valence-corrected chi connectivity index (χ1v) is 18.0. The maximum atomic E-state index is 14.9. The fourth-order valence-electron chi connectivity index (χ4n) is 7.55. The van der Waals surface area contributed by atoms with Gasteiger partial charge in [0.1, 0.15) is 11.4 Å². The zero-order chi connectivity index (χ0) is 39.3. The van der Waals surface area contributed by atoms with Crippen LogP contribution in [0.15, 0.2) is 97.3 Å². The van der Waals surface area contributed by atoms with Gasteiger partial charge in [0.15, 0.2) is 0 Å². The van der Waals surface area contributed by atoms with Crippen molar-refractivity contribution < 1.29 is 23.5 Å². The minimum atomic E-state index is -2.43. The van der Waals surface area contributed by atoms with Crippen LogP contribution < -0.4 is 4.90 Å². The number of phenolic OH excluding ortho intramolecular Hbond substituents is 1. The minimum Gasteiger partial charge on any atom is -0.508 e. The molecule has 0 unspecified atom stereocenters. The minimum absolute atomic E-state index is 0.0326. The molecule has 1 N–H and O–H groups in total. The number of phenols is 1. The number of aryl methyl sites for hydroxylation is 1. The Balaban J connectivity index is 1.18. The summed E-state index contributed by atoms with van der Waals surface area (Å²) in [4.78, 5) is 40.0. The highest BCUT2D eigenvalue weighted by atomic mass is 35.5. The van der Waals surface area contributed by atoms with Crippen molar-refractivity contribution in [3.05, 3.63) is 130 Å². The third-order valence-electron chi connectivity index (χ3n) is 10.5. The molecule has 3 aromatic heterocycles.